The maximum absolute atomic E-state index is 12.8. The molecule has 1 N–H and O–H groups in total. The van der Waals surface area contributed by atoms with Crippen molar-refractivity contribution >= 4 is 51.7 Å². The molecule has 7 heteroatoms. The van der Waals surface area contributed by atoms with E-state index in [9.17, 15) is 9.59 Å². The number of nitrogens with one attached hydrogen (secondary N) is 1. The molecule has 0 radical (unpaired) electrons. The van der Waals surface area contributed by atoms with E-state index in [0.29, 0.717) is 37.9 Å². The molecule has 0 fully saturated rings. The van der Waals surface area contributed by atoms with Crippen molar-refractivity contribution in [3.8, 4) is 11.3 Å². The number of hydrogen-bond donors (Lipinski definition) is 1. The Balaban J connectivity index is 1.55. The Bertz CT molecular complexity index is 1280. The number of carbonyl (C=O) groups is 2. The number of para-hydroxylation sites is 1. The van der Waals surface area contributed by atoms with E-state index in [4.69, 9.17) is 27.9 Å². The van der Waals surface area contributed by atoms with Gasteiger partial charge in [-0.25, -0.2) is 9.78 Å². The molecule has 0 aliphatic carbocycles. The van der Waals surface area contributed by atoms with Gasteiger partial charge in [-0.2, -0.15) is 0 Å². The Labute approximate surface area is 188 Å². The molecule has 31 heavy (non-hydrogen) atoms. The minimum absolute atomic E-state index is 0.291. The molecule has 1 amide bonds. The standard InChI is InChI=1S/C24H16Cl2N2O3/c25-16-10-11-21(19(26)12-16)28-23(29)14-31-24(30)18-13-22(15-6-2-1-3-7-15)27-20-9-5-4-8-17(18)20/h1-13H,14H2,(H,28,29). The summed E-state index contributed by atoms with van der Waals surface area (Å²) in [6, 6.07) is 23.2. The summed E-state index contributed by atoms with van der Waals surface area (Å²) in [5.41, 5.74) is 2.89. The van der Waals surface area contributed by atoms with Crippen molar-refractivity contribution in [3.63, 3.8) is 0 Å². The summed E-state index contributed by atoms with van der Waals surface area (Å²) in [6.45, 7) is -0.463. The molecular weight excluding hydrogens is 435 g/mol. The van der Waals surface area contributed by atoms with Crippen LogP contribution in [0.1, 0.15) is 10.4 Å². The molecule has 0 saturated carbocycles. The molecule has 5 nitrogen and oxygen atoms in total. The third-order valence-electron chi connectivity index (χ3n) is 4.55. The van der Waals surface area contributed by atoms with E-state index in [2.05, 4.69) is 10.3 Å². The lowest BCUT2D eigenvalue weighted by Gasteiger charge is -2.11. The fourth-order valence-electron chi connectivity index (χ4n) is 3.09. The van der Waals surface area contributed by atoms with Crippen LogP contribution in [0.4, 0.5) is 5.69 Å². The van der Waals surface area contributed by atoms with Gasteiger partial charge in [-0.3, -0.25) is 4.79 Å². The van der Waals surface area contributed by atoms with Gasteiger partial charge >= 0.3 is 5.97 Å². The monoisotopic (exact) mass is 450 g/mol. The second-order valence-corrected chi connectivity index (χ2v) is 7.53. The average Bonchev–Trinajstić information content (AvgIpc) is 2.79. The number of rotatable bonds is 5. The largest absolute Gasteiger partial charge is 0.452 e. The molecule has 4 aromatic rings. The lowest BCUT2D eigenvalue weighted by Crippen LogP contribution is -2.21. The number of carbonyl (C=O) groups excluding carboxylic acids is 2. The average molecular weight is 451 g/mol. The van der Waals surface area contributed by atoms with Crippen LogP contribution in [0.25, 0.3) is 22.2 Å². The van der Waals surface area contributed by atoms with Crippen molar-refractivity contribution < 1.29 is 14.3 Å². The molecule has 154 valence electrons. The van der Waals surface area contributed by atoms with Crippen molar-refractivity contribution in [1.29, 1.82) is 0 Å². The van der Waals surface area contributed by atoms with E-state index in [0.717, 1.165) is 5.56 Å². The Morgan fingerprint density at radius 2 is 1.65 bits per heavy atom. The molecule has 0 unspecified atom stereocenters. The van der Waals surface area contributed by atoms with E-state index in [-0.39, 0.29) is 0 Å². The number of hydrogen-bond acceptors (Lipinski definition) is 4. The quantitative estimate of drug-likeness (QED) is 0.378. The van der Waals surface area contributed by atoms with Gasteiger partial charge in [-0.1, -0.05) is 71.7 Å². The molecule has 0 atom stereocenters. The van der Waals surface area contributed by atoms with Crippen molar-refractivity contribution in [2.75, 3.05) is 11.9 Å². The van der Waals surface area contributed by atoms with E-state index in [1.807, 2.05) is 48.5 Å². The Hall–Kier alpha value is -3.41. The summed E-state index contributed by atoms with van der Waals surface area (Å²) >= 11 is 11.9. The molecule has 0 bridgehead atoms. The number of halogens is 2. The molecule has 0 aliphatic heterocycles. The number of nitrogens with zero attached hydrogens (tertiary/aromatic N) is 1. The van der Waals surface area contributed by atoms with Crippen LogP contribution in [-0.4, -0.2) is 23.5 Å². The second kappa shape index (κ2) is 9.16. The topological polar surface area (TPSA) is 68.3 Å². The van der Waals surface area contributed by atoms with E-state index < -0.39 is 18.5 Å². The molecule has 3 aromatic carbocycles. The van der Waals surface area contributed by atoms with Gasteiger partial charge < -0.3 is 10.1 Å². The number of ether oxygens (including phenoxy) is 1. The number of fused-ring (bicyclic) bond motifs is 1. The maximum atomic E-state index is 12.8. The van der Waals surface area contributed by atoms with Gasteiger partial charge in [0.25, 0.3) is 5.91 Å². The summed E-state index contributed by atoms with van der Waals surface area (Å²) in [6.07, 6.45) is 0. The van der Waals surface area contributed by atoms with Crippen LogP contribution >= 0.6 is 23.2 Å². The zero-order valence-corrected chi connectivity index (χ0v) is 17.7. The first-order chi connectivity index (χ1) is 15.0. The van der Waals surface area contributed by atoms with Crippen LogP contribution in [0.3, 0.4) is 0 Å². The van der Waals surface area contributed by atoms with Gasteiger partial charge in [0.1, 0.15) is 0 Å². The van der Waals surface area contributed by atoms with Crippen LogP contribution in [0, 0.1) is 0 Å². The van der Waals surface area contributed by atoms with E-state index in [1.54, 1.807) is 24.3 Å². The Morgan fingerprint density at radius 3 is 2.42 bits per heavy atom. The van der Waals surface area contributed by atoms with Gasteiger partial charge in [0, 0.05) is 16.0 Å². The van der Waals surface area contributed by atoms with Crippen molar-refractivity contribution in [1.82, 2.24) is 4.98 Å². The Kier molecular flexibility index (Phi) is 6.16. The summed E-state index contributed by atoms with van der Waals surface area (Å²) in [5.74, 6) is -1.13. The molecule has 1 aromatic heterocycles. The summed E-state index contributed by atoms with van der Waals surface area (Å²) in [5, 5.41) is 3.99. The summed E-state index contributed by atoms with van der Waals surface area (Å²) < 4.78 is 5.28. The van der Waals surface area contributed by atoms with Gasteiger partial charge in [0.05, 0.1) is 27.5 Å². The number of pyridine rings is 1. The fraction of sp³-hybridized carbons (Fsp3) is 0.0417. The number of esters is 1. The number of benzene rings is 3. The predicted octanol–water partition coefficient (Wildman–Crippen LogP) is 6.00. The van der Waals surface area contributed by atoms with Crippen molar-refractivity contribution in [3.05, 3.63) is 94.5 Å². The smallest absolute Gasteiger partial charge is 0.339 e. The zero-order chi connectivity index (χ0) is 21.8. The maximum Gasteiger partial charge on any atom is 0.339 e. The summed E-state index contributed by atoms with van der Waals surface area (Å²) in [4.78, 5) is 29.7. The van der Waals surface area contributed by atoms with Crippen molar-refractivity contribution in [2.24, 2.45) is 0 Å². The fourth-order valence-corrected chi connectivity index (χ4v) is 3.54. The minimum atomic E-state index is -0.617. The minimum Gasteiger partial charge on any atom is -0.452 e. The number of amides is 1. The third-order valence-corrected chi connectivity index (χ3v) is 5.09. The SMILES string of the molecule is O=C(COC(=O)c1cc(-c2ccccc2)nc2ccccc12)Nc1ccc(Cl)cc1Cl. The highest BCUT2D eigenvalue weighted by Crippen LogP contribution is 2.26. The van der Waals surface area contributed by atoms with E-state index >= 15 is 0 Å². The highest BCUT2D eigenvalue weighted by atomic mass is 35.5. The predicted molar refractivity (Wildman–Crippen MR) is 123 cm³/mol. The summed E-state index contributed by atoms with van der Waals surface area (Å²) in [7, 11) is 0. The van der Waals surface area contributed by atoms with Gasteiger partial charge in [0.15, 0.2) is 6.61 Å². The first kappa shape index (κ1) is 20.8. The van der Waals surface area contributed by atoms with Crippen LogP contribution < -0.4 is 5.32 Å². The number of aromatic nitrogens is 1. The van der Waals surface area contributed by atoms with Crippen molar-refractivity contribution in [2.45, 2.75) is 0 Å². The van der Waals surface area contributed by atoms with Gasteiger partial charge in [0.2, 0.25) is 0 Å². The zero-order valence-electron chi connectivity index (χ0n) is 16.1. The number of anilines is 1. The van der Waals surface area contributed by atoms with E-state index in [1.165, 1.54) is 6.07 Å². The Morgan fingerprint density at radius 1 is 0.903 bits per heavy atom. The lowest BCUT2D eigenvalue weighted by molar-refractivity contribution is -0.119. The molecule has 1 heterocycles. The lowest BCUT2D eigenvalue weighted by atomic mass is 10.0. The van der Waals surface area contributed by atoms with Crippen LogP contribution in [-0.2, 0) is 9.53 Å². The van der Waals surface area contributed by atoms with Gasteiger partial charge in [-0.15, -0.1) is 0 Å². The first-order valence-corrected chi connectivity index (χ1v) is 10.1. The molecular formula is C24H16Cl2N2O3. The second-order valence-electron chi connectivity index (χ2n) is 6.69. The molecule has 0 spiro atoms. The van der Waals surface area contributed by atoms with Crippen LogP contribution in [0.5, 0.6) is 0 Å². The third kappa shape index (κ3) is 4.85. The molecule has 4 rings (SSSR count). The van der Waals surface area contributed by atoms with Gasteiger partial charge in [-0.05, 0) is 30.3 Å². The van der Waals surface area contributed by atoms with Crippen LogP contribution in [0.15, 0.2) is 78.9 Å². The highest BCUT2D eigenvalue weighted by Gasteiger charge is 2.17. The normalized spacial score (nSPS) is 10.6. The molecule has 0 saturated heterocycles. The first-order valence-electron chi connectivity index (χ1n) is 9.38. The highest BCUT2D eigenvalue weighted by molar-refractivity contribution is 6.36. The molecule has 0 aliphatic rings. The van der Waals surface area contributed by atoms with Crippen LogP contribution in [0.2, 0.25) is 10.0 Å².